The lowest BCUT2D eigenvalue weighted by Crippen LogP contribution is -2.16. The van der Waals surface area contributed by atoms with Crippen molar-refractivity contribution in [3.05, 3.63) is 46.7 Å². The molecule has 6 heteroatoms. The zero-order valence-corrected chi connectivity index (χ0v) is 11.4. The Labute approximate surface area is 114 Å². The first kappa shape index (κ1) is 13.5. The second-order valence-electron chi connectivity index (χ2n) is 3.99. The van der Waals surface area contributed by atoms with E-state index in [1.807, 2.05) is 11.9 Å². The molecule has 0 spiro atoms. The van der Waals surface area contributed by atoms with Gasteiger partial charge in [0.1, 0.15) is 5.82 Å². The van der Waals surface area contributed by atoms with Gasteiger partial charge in [-0.15, -0.1) is 11.3 Å². The summed E-state index contributed by atoms with van der Waals surface area (Å²) in [6, 6.07) is 6.29. The number of hydrogen-bond acceptors (Lipinski definition) is 5. The zero-order chi connectivity index (χ0) is 13.8. The van der Waals surface area contributed by atoms with Gasteiger partial charge in [0.2, 0.25) is 0 Å². The van der Waals surface area contributed by atoms with Gasteiger partial charge in [0.25, 0.3) is 0 Å². The van der Waals surface area contributed by atoms with E-state index in [0.29, 0.717) is 17.4 Å². The third kappa shape index (κ3) is 3.29. The van der Waals surface area contributed by atoms with E-state index in [4.69, 9.17) is 0 Å². The lowest BCUT2D eigenvalue weighted by Gasteiger charge is -2.15. The fourth-order valence-corrected chi connectivity index (χ4v) is 2.33. The van der Waals surface area contributed by atoms with Crippen molar-refractivity contribution in [1.82, 2.24) is 4.98 Å². The van der Waals surface area contributed by atoms with Crippen LogP contribution < -0.4 is 4.90 Å². The Bertz CT molecular complexity index is 568. The number of rotatable bonds is 4. The van der Waals surface area contributed by atoms with Crippen LogP contribution in [0, 0.1) is 5.82 Å². The van der Waals surface area contributed by atoms with Crippen molar-refractivity contribution >= 4 is 22.4 Å². The van der Waals surface area contributed by atoms with E-state index in [1.54, 1.807) is 17.5 Å². The number of ether oxygens (including phenoxy) is 1. The molecule has 0 aliphatic carbocycles. The normalized spacial score (nSPS) is 10.3. The molecule has 0 aliphatic heterocycles. The first-order valence-corrected chi connectivity index (χ1v) is 6.47. The lowest BCUT2D eigenvalue weighted by molar-refractivity contribution is 0.0595. The average Bonchev–Trinajstić information content (AvgIpc) is 2.90. The molecule has 4 nitrogen and oxygen atoms in total. The third-order valence-electron chi connectivity index (χ3n) is 2.55. The molecule has 0 unspecified atom stereocenters. The summed E-state index contributed by atoms with van der Waals surface area (Å²) in [4.78, 5) is 17.4. The number of hydrogen-bond donors (Lipinski definition) is 0. The van der Waals surface area contributed by atoms with Gasteiger partial charge >= 0.3 is 5.97 Å². The molecule has 1 heterocycles. The second-order valence-corrected chi connectivity index (χ2v) is 4.83. The summed E-state index contributed by atoms with van der Waals surface area (Å²) in [5.74, 6) is -0.702. The monoisotopic (exact) mass is 280 g/mol. The van der Waals surface area contributed by atoms with Crippen molar-refractivity contribution in [1.29, 1.82) is 0 Å². The van der Waals surface area contributed by atoms with Crippen molar-refractivity contribution in [2.45, 2.75) is 6.54 Å². The highest BCUT2D eigenvalue weighted by Crippen LogP contribution is 2.21. The summed E-state index contributed by atoms with van der Waals surface area (Å²) in [7, 11) is 3.19. The molecule has 0 saturated carbocycles. The van der Waals surface area contributed by atoms with E-state index in [2.05, 4.69) is 9.72 Å². The van der Waals surface area contributed by atoms with Crippen LogP contribution in [0.1, 0.15) is 16.1 Å². The maximum atomic E-state index is 12.8. The molecule has 1 aromatic carbocycles. The molecular weight excluding hydrogens is 267 g/mol. The number of methoxy groups -OCH3 is 1. The van der Waals surface area contributed by atoms with Gasteiger partial charge in [-0.05, 0) is 17.7 Å². The summed E-state index contributed by atoms with van der Waals surface area (Å²) in [6.45, 7) is 0.592. The summed E-state index contributed by atoms with van der Waals surface area (Å²) in [6.07, 6.45) is 0. The summed E-state index contributed by atoms with van der Waals surface area (Å²) in [5, 5.41) is 2.37. The fourth-order valence-electron chi connectivity index (χ4n) is 1.57. The number of benzene rings is 1. The summed E-state index contributed by atoms with van der Waals surface area (Å²) >= 11 is 1.36. The molecule has 0 fully saturated rings. The van der Waals surface area contributed by atoms with Gasteiger partial charge in [-0.25, -0.2) is 14.2 Å². The molecule has 0 radical (unpaired) electrons. The number of carbonyl (C=O) groups excluding carboxylic acids is 1. The molecule has 2 aromatic rings. The highest BCUT2D eigenvalue weighted by molar-refractivity contribution is 7.13. The maximum Gasteiger partial charge on any atom is 0.357 e. The number of nitrogens with zero attached hydrogens (tertiary/aromatic N) is 2. The quantitative estimate of drug-likeness (QED) is 0.808. The van der Waals surface area contributed by atoms with Gasteiger partial charge in [-0.1, -0.05) is 12.1 Å². The molecule has 0 bridgehead atoms. The lowest BCUT2D eigenvalue weighted by atomic mass is 10.2. The van der Waals surface area contributed by atoms with E-state index < -0.39 is 5.97 Å². The Morgan fingerprint density at radius 3 is 2.74 bits per heavy atom. The van der Waals surface area contributed by atoms with Crippen LogP contribution in [0.2, 0.25) is 0 Å². The highest BCUT2D eigenvalue weighted by atomic mass is 32.1. The van der Waals surface area contributed by atoms with Gasteiger partial charge in [-0.2, -0.15) is 0 Å². The van der Waals surface area contributed by atoms with Crippen LogP contribution in [-0.2, 0) is 11.3 Å². The Balaban J connectivity index is 2.07. The number of anilines is 1. The predicted molar refractivity (Wildman–Crippen MR) is 72.0 cm³/mol. The van der Waals surface area contributed by atoms with Crippen molar-refractivity contribution in [3.63, 3.8) is 0 Å². The standard InChI is InChI=1S/C13H13FN2O2S/c1-16(7-9-3-5-10(14)6-4-9)13-15-11(8-19-13)12(17)18-2/h3-6,8H,7H2,1-2H3. The smallest absolute Gasteiger partial charge is 0.357 e. The van der Waals surface area contributed by atoms with Gasteiger partial charge < -0.3 is 9.64 Å². The van der Waals surface area contributed by atoms with Crippen LogP contribution >= 0.6 is 11.3 Å². The number of carbonyl (C=O) groups is 1. The minimum Gasteiger partial charge on any atom is -0.464 e. The minimum atomic E-state index is -0.447. The first-order chi connectivity index (χ1) is 9.10. The van der Waals surface area contributed by atoms with E-state index in [0.717, 1.165) is 5.56 Å². The molecular formula is C13H13FN2O2S. The van der Waals surface area contributed by atoms with E-state index in [1.165, 1.54) is 30.6 Å². The largest absolute Gasteiger partial charge is 0.464 e. The summed E-state index contributed by atoms with van der Waals surface area (Å²) < 4.78 is 17.4. The molecule has 0 aliphatic rings. The third-order valence-corrected chi connectivity index (χ3v) is 3.50. The van der Waals surface area contributed by atoms with Crippen molar-refractivity contribution < 1.29 is 13.9 Å². The number of thiazole rings is 1. The van der Waals surface area contributed by atoms with Gasteiger partial charge in [0, 0.05) is 19.0 Å². The van der Waals surface area contributed by atoms with Gasteiger partial charge in [0.15, 0.2) is 10.8 Å². The molecule has 0 N–H and O–H groups in total. The van der Waals surface area contributed by atoms with E-state index in [-0.39, 0.29) is 5.82 Å². The van der Waals surface area contributed by atoms with Crippen LogP contribution in [0.15, 0.2) is 29.6 Å². The number of aromatic nitrogens is 1. The van der Waals surface area contributed by atoms with E-state index >= 15 is 0 Å². The molecule has 2 rings (SSSR count). The van der Waals surface area contributed by atoms with Crippen LogP contribution in [0.25, 0.3) is 0 Å². The maximum absolute atomic E-state index is 12.8. The van der Waals surface area contributed by atoms with Crippen molar-refractivity contribution in [2.75, 3.05) is 19.1 Å². The van der Waals surface area contributed by atoms with Crippen molar-refractivity contribution in [3.8, 4) is 0 Å². The molecule has 100 valence electrons. The molecule has 0 amide bonds. The molecule has 0 atom stereocenters. The fraction of sp³-hybridized carbons (Fsp3) is 0.231. The summed E-state index contributed by atoms with van der Waals surface area (Å²) in [5.41, 5.74) is 1.27. The minimum absolute atomic E-state index is 0.256. The Morgan fingerprint density at radius 2 is 2.11 bits per heavy atom. The Kier molecular flexibility index (Phi) is 4.11. The van der Waals surface area contributed by atoms with Crippen molar-refractivity contribution in [2.24, 2.45) is 0 Å². The number of esters is 1. The zero-order valence-electron chi connectivity index (χ0n) is 10.6. The number of halogens is 1. The Hall–Kier alpha value is -1.95. The first-order valence-electron chi connectivity index (χ1n) is 5.59. The Morgan fingerprint density at radius 1 is 1.42 bits per heavy atom. The highest BCUT2D eigenvalue weighted by Gasteiger charge is 2.13. The molecule has 0 saturated heterocycles. The van der Waals surface area contributed by atoms with Gasteiger partial charge in [-0.3, -0.25) is 0 Å². The molecule has 19 heavy (non-hydrogen) atoms. The second kappa shape index (κ2) is 5.79. The average molecular weight is 280 g/mol. The topological polar surface area (TPSA) is 42.4 Å². The van der Waals surface area contributed by atoms with Crippen LogP contribution in [-0.4, -0.2) is 25.1 Å². The SMILES string of the molecule is COC(=O)c1csc(N(C)Cc2ccc(F)cc2)n1. The van der Waals surface area contributed by atoms with Crippen LogP contribution in [0.4, 0.5) is 9.52 Å². The van der Waals surface area contributed by atoms with E-state index in [9.17, 15) is 9.18 Å². The van der Waals surface area contributed by atoms with Gasteiger partial charge in [0.05, 0.1) is 7.11 Å². The predicted octanol–water partition coefficient (Wildman–Crippen LogP) is 2.71. The van der Waals surface area contributed by atoms with Crippen LogP contribution in [0.5, 0.6) is 0 Å². The molecule has 1 aromatic heterocycles. The van der Waals surface area contributed by atoms with Crippen LogP contribution in [0.3, 0.4) is 0 Å².